The van der Waals surface area contributed by atoms with Crippen molar-refractivity contribution in [2.45, 2.75) is 104 Å². The van der Waals surface area contributed by atoms with Crippen molar-refractivity contribution in [1.82, 2.24) is 0 Å². The largest absolute Gasteiger partial charge is 0.456 e. The highest BCUT2D eigenvalue weighted by atomic mass is 16.3. The molecule has 2 aliphatic carbocycles. The molecular formula is C66H59BN2O. The summed E-state index contributed by atoms with van der Waals surface area (Å²) in [6.07, 6.45) is 2.32. The van der Waals surface area contributed by atoms with E-state index >= 15 is 0 Å². The van der Waals surface area contributed by atoms with Crippen LogP contribution in [0.15, 0.2) is 156 Å². The van der Waals surface area contributed by atoms with Gasteiger partial charge in [0.05, 0.1) is 0 Å². The van der Waals surface area contributed by atoms with Crippen molar-refractivity contribution in [2.75, 3.05) is 9.71 Å². The van der Waals surface area contributed by atoms with Gasteiger partial charge in [0, 0.05) is 56.3 Å². The molecule has 70 heavy (non-hydrogen) atoms. The molecule has 0 spiro atoms. The van der Waals surface area contributed by atoms with Crippen molar-refractivity contribution in [1.29, 1.82) is 0 Å². The number of nitrogens with zero attached hydrogens (tertiary/aromatic N) is 2. The van der Waals surface area contributed by atoms with Crippen molar-refractivity contribution in [3.8, 4) is 22.3 Å². The second-order valence-electron chi connectivity index (χ2n) is 24.0. The maximum absolute atomic E-state index is 7.17. The maximum Gasteiger partial charge on any atom is 0.333 e. The molecule has 0 saturated carbocycles. The highest BCUT2D eigenvalue weighted by molar-refractivity contribution is 6.94. The number of anilines is 5. The summed E-state index contributed by atoms with van der Waals surface area (Å²) in [5.74, 6) is 0. The highest BCUT2D eigenvalue weighted by Gasteiger charge is 2.48. The van der Waals surface area contributed by atoms with Crippen molar-refractivity contribution < 1.29 is 4.42 Å². The van der Waals surface area contributed by atoms with E-state index in [1.807, 2.05) is 0 Å². The number of hydrogen-bond acceptors (Lipinski definition) is 3. The van der Waals surface area contributed by atoms with E-state index in [-0.39, 0.29) is 28.5 Å². The number of benzene rings is 9. The van der Waals surface area contributed by atoms with E-state index in [9.17, 15) is 0 Å². The van der Waals surface area contributed by atoms with Gasteiger partial charge >= 0.3 is 6.85 Å². The molecule has 0 unspecified atom stereocenters. The summed E-state index contributed by atoms with van der Waals surface area (Å²) in [5.41, 5.74) is 24.0. The number of fused-ring (bicyclic) bond motifs is 15. The molecule has 0 atom stereocenters. The molecule has 0 fully saturated rings. The molecule has 0 amide bonds. The van der Waals surface area contributed by atoms with Crippen LogP contribution in [0.1, 0.15) is 109 Å². The molecule has 3 nitrogen and oxygen atoms in total. The number of rotatable bonds is 2. The Morgan fingerprint density at radius 3 is 1.90 bits per heavy atom. The van der Waals surface area contributed by atoms with Crippen LogP contribution in [0.25, 0.3) is 65.7 Å². The van der Waals surface area contributed by atoms with Crippen LogP contribution in [0.2, 0.25) is 0 Å². The fourth-order valence-corrected chi connectivity index (χ4v) is 13.6. The van der Waals surface area contributed by atoms with Crippen molar-refractivity contribution >= 4 is 89.7 Å². The molecular weight excluding hydrogens is 848 g/mol. The van der Waals surface area contributed by atoms with Gasteiger partial charge in [-0.05, 0) is 161 Å². The van der Waals surface area contributed by atoms with E-state index in [0.717, 1.165) is 29.7 Å². The summed E-state index contributed by atoms with van der Waals surface area (Å²) in [5, 5.41) is 7.41. The molecule has 0 saturated heterocycles. The first kappa shape index (κ1) is 41.9. The Labute approximate surface area is 412 Å². The normalized spacial score (nSPS) is 16.9. The first-order chi connectivity index (χ1) is 33.5. The van der Waals surface area contributed by atoms with E-state index in [1.54, 1.807) is 0 Å². The van der Waals surface area contributed by atoms with E-state index in [4.69, 9.17) is 4.42 Å². The van der Waals surface area contributed by atoms with Gasteiger partial charge in [-0.3, -0.25) is 0 Å². The molecule has 4 aliphatic rings. The Balaban J connectivity index is 1.14. The van der Waals surface area contributed by atoms with Gasteiger partial charge in [-0.1, -0.05) is 165 Å². The minimum absolute atomic E-state index is 0.0100. The number of aryl methyl sites for hydroxylation is 1. The molecule has 2 aliphatic heterocycles. The second kappa shape index (κ2) is 13.8. The van der Waals surface area contributed by atoms with Crippen molar-refractivity contribution in [2.24, 2.45) is 0 Å². The molecule has 9 aromatic carbocycles. The number of hydrogen-bond donors (Lipinski definition) is 0. The molecule has 0 radical (unpaired) electrons. The predicted molar refractivity (Wildman–Crippen MR) is 299 cm³/mol. The van der Waals surface area contributed by atoms with Crippen molar-refractivity contribution in [3.05, 3.63) is 185 Å². The molecule has 0 N–H and O–H groups in total. The lowest BCUT2D eigenvalue weighted by molar-refractivity contribution is 0.332. The van der Waals surface area contributed by atoms with Crippen LogP contribution in [0, 0.1) is 6.92 Å². The minimum Gasteiger partial charge on any atom is -0.456 e. The van der Waals surface area contributed by atoms with Gasteiger partial charge in [0.2, 0.25) is 0 Å². The summed E-state index contributed by atoms with van der Waals surface area (Å²) >= 11 is 0. The standard InChI is InChI=1S/C66H59BN2O/c1-38-31-41(63(2,3)4)24-28-54(38)68-56-37-59-48(47-34-51-52(36-58(47)70-59)65(7,8)30-29-64(51,5)6)35-53(56)67-62-57(68)32-40-18-12-14-20-44(40)61(62)60-43-19-13-11-17-39(43)23-27-55(60)69(67)42-25-26-46-45-21-15-16-22-49(45)66(9,10)50(46)33-42/h11-28,31-37H,29-30H2,1-10H3. The fraction of sp³-hybridized carbons (Fsp3) is 0.242. The Morgan fingerprint density at radius 2 is 1.14 bits per heavy atom. The van der Waals surface area contributed by atoms with E-state index in [2.05, 4.69) is 231 Å². The third-order valence-electron chi connectivity index (χ3n) is 17.5. The Kier molecular flexibility index (Phi) is 8.29. The van der Waals surface area contributed by atoms with E-state index in [1.165, 1.54) is 122 Å². The van der Waals surface area contributed by atoms with Gasteiger partial charge in [0.25, 0.3) is 0 Å². The zero-order valence-corrected chi connectivity index (χ0v) is 42.2. The van der Waals surface area contributed by atoms with Crippen molar-refractivity contribution in [3.63, 3.8) is 0 Å². The lowest BCUT2D eigenvalue weighted by Gasteiger charge is -2.46. The second-order valence-corrected chi connectivity index (χ2v) is 24.0. The Hall–Kier alpha value is -7.04. The quantitative estimate of drug-likeness (QED) is 0.161. The van der Waals surface area contributed by atoms with Crippen LogP contribution in [0.4, 0.5) is 28.4 Å². The minimum atomic E-state index is -0.170. The molecule has 14 rings (SSSR count). The summed E-state index contributed by atoms with van der Waals surface area (Å²) in [4.78, 5) is 5.31. The summed E-state index contributed by atoms with van der Waals surface area (Å²) in [6.45, 7) is 23.6. The van der Waals surface area contributed by atoms with Crippen LogP contribution < -0.4 is 20.6 Å². The smallest absolute Gasteiger partial charge is 0.333 e. The van der Waals surface area contributed by atoms with Crippen LogP contribution in [0.3, 0.4) is 0 Å². The monoisotopic (exact) mass is 906 g/mol. The molecule has 342 valence electrons. The zero-order chi connectivity index (χ0) is 48.0. The van der Waals surface area contributed by atoms with Gasteiger partial charge in [-0.2, -0.15) is 0 Å². The van der Waals surface area contributed by atoms with E-state index in [0.29, 0.717) is 0 Å². The third kappa shape index (κ3) is 5.59. The maximum atomic E-state index is 7.17. The number of furan rings is 1. The van der Waals surface area contributed by atoms with Gasteiger partial charge < -0.3 is 14.1 Å². The summed E-state index contributed by atoms with van der Waals surface area (Å²) in [7, 11) is 0. The van der Waals surface area contributed by atoms with Gasteiger partial charge in [-0.15, -0.1) is 0 Å². The van der Waals surface area contributed by atoms with Crippen LogP contribution >= 0.6 is 0 Å². The molecule has 10 aromatic rings. The molecule has 1 aromatic heterocycles. The Morgan fingerprint density at radius 1 is 0.500 bits per heavy atom. The first-order valence-electron chi connectivity index (χ1n) is 25.6. The fourth-order valence-electron chi connectivity index (χ4n) is 13.6. The molecule has 4 heteroatoms. The highest BCUT2D eigenvalue weighted by Crippen LogP contribution is 2.55. The average Bonchev–Trinajstić information content (AvgIpc) is 3.81. The lowest BCUT2D eigenvalue weighted by atomic mass is 9.43. The topological polar surface area (TPSA) is 19.6 Å². The van der Waals surface area contributed by atoms with E-state index < -0.39 is 0 Å². The molecule has 0 bridgehead atoms. The predicted octanol–water partition coefficient (Wildman–Crippen LogP) is 16.9. The lowest BCUT2D eigenvalue weighted by Crippen LogP contribution is -2.61. The first-order valence-corrected chi connectivity index (χ1v) is 25.6. The summed E-state index contributed by atoms with van der Waals surface area (Å²) in [6, 6.07) is 58.7. The third-order valence-corrected chi connectivity index (χ3v) is 17.5. The van der Waals surface area contributed by atoms with Crippen LogP contribution in [-0.2, 0) is 21.7 Å². The molecule has 3 heterocycles. The van der Waals surface area contributed by atoms with Gasteiger partial charge in [0.15, 0.2) is 0 Å². The van der Waals surface area contributed by atoms with Crippen LogP contribution in [-0.4, -0.2) is 6.85 Å². The van der Waals surface area contributed by atoms with Gasteiger partial charge in [0.1, 0.15) is 11.2 Å². The Bertz CT molecular complexity index is 3950. The van der Waals surface area contributed by atoms with Crippen LogP contribution in [0.5, 0.6) is 0 Å². The summed E-state index contributed by atoms with van der Waals surface area (Å²) < 4.78 is 7.17. The van der Waals surface area contributed by atoms with Gasteiger partial charge in [-0.25, -0.2) is 0 Å². The average molecular weight is 907 g/mol. The SMILES string of the molecule is Cc1cc(C(C)(C)C)ccc1N1c2cc3oc4cc5c(cc4c3cc2B2c3c1cc1ccccc1c3-c1c(ccc3ccccc13)N2c1ccc2c(c1)C(C)(C)c1ccccc1-2)C(C)(C)CCC5(C)C. The zero-order valence-electron chi connectivity index (χ0n) is 42.2.